The lowest BCUT2D eigenvalue weighted by Gasteiger charge is -2.27. The van der Waals surface area contributed by atoms with Gasteiger partial charge in [-0.25, -0.2) is 9.97 Å². The van der Waals surface area contributed by atoms with Gasteiger partial charge in [0.05, 0.1) is 22.8 Å². The summed E-state index contributed by atoms with van der Waals surface area (Å²) in [6, 6.07) is 6.48. The van der Waals surface area contributed by atoms with Gasteiger partial charge < -0.3 is 14.5 Å². The number of benzene rings is 1. The molecule has 1 aromatic carbocycles. The Hall–Kier alpha value is -1.85. The minimum Gasteiger partial charge on any atom is -0.333 e. The molecule has 0 saturated heterocycles. The van der Waals surface area contributed by atoms with Crippen molar-refractivity contribution < 1.29 is 0 Å². The highest BCUT2D eigenvalue weighted by atomic mass is 35.5. The van der Waals surface area contributed by atoms with Gasteiger partial charge in [0.1, 0.15) is 11.6 Å². The monoisotopic (exact) mass is 343 g/mol. The molecule has 1 aliphatic heterocycles. The van der Waals surface area contributed by atoms with Gasteiger partial charge in [-0.3, -0.25) is 0 Å². The summed E-state index contributed by atoms with van der Waals surface area (Å²) in [7, 11) is 2.06. The Morgan fingerprint density at radius 1 is 1.33 bits per heavy atom. The van der Waals surface area contributed by atoms with Crippen molar-refractivity contribution >= 4 is 22.6 Å². The van der Waals surface area contributed by atoms with E-state index >= 15 is 0 Å². The Morgan fingerprint density at radius 2 is 2.17 bits per heavy atom. The normalized spacial score (nSPS) is 18.8. The molecule has 4 rings (SSSR count). The van der Waals surface area contributed by atoms with E-state index in [0.717, 1.165) is 47.0 Å². The molecule has 0 saturated carbocycles. The third-order valence-electron chi connectivity index (χ3n) is 4.86. The second kappa shape index (κ2) is 5.90. The van der Waals surface area contributed by atoms with Gasteiger partial charge in [0.25, 0.3) is 0 Å². The van der Waals surface area contributed by atoms with Crippen molar-refractivity contribution in [2.45, 2.75) is 45.3 Å². The lowest BCUT2D eigenvalue weighted by atomic mass is 10.1. The standard InChI is InChI=1S/C18H22ClN5/c1-11-9-24-10-14(5-7-17(24)20-11)21-12(2)18-22-15-8-13(19)4-6-16(15)23(18)3/h4,6,8-9,12,14,21H,5,7,10H2,1-3H3/t12-,14+/m1/s1. The molecule has 5 nitrogen and oxygen atoms in total. The van der Waals surface area contributed by atoms with Crippen molar-refractivity contribution in [3.8, 4) is 0 Å². The van der Waals surface area contributed by atoms with Gasteiger partial charge >= 0.3 is 0 Å². The van der Waals surface area contributed by atoms with Crippen molar-refractivity contribution in [2.75, 3.05) is 0 Å². The average Bonchev–Trinajstić information content (AvgIpc) is 3.06. The predicted molar refractivity (Wildman–Crippen MR) is 96.3 cm³/mol. The summed E-state index contributed by atoms with van der Waals surface area (Å²) >= 11 is 6.09. The first-order chi connectivity index (χ1) is 11.5. The summed E-state index contributed by atoms with van der Waals surface area (Å²) in [4.78, 5) is 9.36. The van der Waals surface area contributed by atoms with Gasteiger partial charge in [0, 0.05) is 37.3 Å². The van der Waals surface area contributed by atoms with Gasteiger partial charge in [0.15, 0.2) is 0 Å². The second-order valence-electron chi connectivity index (χ2n) is 6.74. The molecule has 2 aromatic heterocycles. The molecule has 0 fully saturated rings. The van der Waals surface area contributed by atoms with Crippen LogP contribution in [0.25, 0.3) is 11.0 Å². The molecule has 0 unspecified atom stereocenters. The van der Waals surface area contributed by atoms with Gasteiger partial charge in [-0.2, -0.15) is 0 Å². The smallest absolute Gasteiger partial charge is 0.126 e. The van der Waals surface area contributed by atoms with Crippen LogP contribution in [-0.4, -0.2) is 25.1 Å². The predicted octanol–water partition coefficient (Wildman–Crippen LogP) is 3.40. The molecule has 0 bridgehead atoms. The molecule has 24 heavy (non-hydrogen) atoms. The second-order valence-corrected chi connectivity index (χ2v) is 7.17. The quantitative estimate of drug-likeness (QED) is 0.793. The molecule has 0 radical (unpaired) electrons. The zero-order valence-corrected chi connectivity index (χ0v) is 15.0. The van der Waals surface area contributed by atoms with Crippen molar-refractivity contribution in [1.82, 2.24) is 24.4 Å². The number of imidazole rings is 2. The minimum absolute atomic E-state index is 0.178. The van der Waals surface area contributed by atoms with Gasteiger partial charge in [-0.1, -0.05) is 11.6 Å². The Kier molecular flexibility index (Phi) is 3.85. The summed E-state index contributed by atoms with van der Waals surface area (Å²) in [6.45, 7) is 5.20. The molecule has 3 heterocycles. The van der Waals surface area contributed by atoms with E-state index in [0.29, 0.717) is 6.04 Å². The van der Waals surface area contributed by atoms with Crippen molar-refractivity contribution in [2.24, 2.45) is 7.05 Å². The van der Waals surface area contributed by atoms with Crippen LogP contribution in [0.4, 0.5) is 0 Å². The molecular formula is C18H22ClN5. The number of hydrogen-bond donors (Lipinski definition) is 1. The maximum Gasteiger partial charge on any atom is 0.126 e. The van der Waals surface area contributed by atoms with Gasteiger partial charge in [-0.05, 0) is 38.5 Å². The fraction of sp³-hybridized carbons (Fsp3) is 0.444. The highest BCUT2D eigenvalue weighted by Gasteiger charge is 2.23. The summed E-state index contributed by atoms with van der Waals surface area (Å²) in [5.74, 6) is 2.25. The van der Waals surface area contributed by atoms with Crippen LogP contribution in [0, 0.1) is 6.92 Å². The maximum atomic E-state index is 6.09. The maximum absolute atomic E-state index is 6.09. The highest BCUT2D eigenvalue weighted by molar-refractivity contribution is 6.31. The summed E-state index contributed by atoms with van der Waals surface area (Å²) in [6.07, 6.45) is 4.28. The van der Waals surface area contributed by atoms with E-state index < -0.39 is 0 Å². The summed E-state index contributed by atoms with van der Waals surface area (Å²) < 4.78 is 4.43. The molecule has 126 valence electrons. The molecule has 2 atom stereocenters. The Balaban J connectivity index is 1.54. The van der Waals surface area contributed by atoms with Crippen LogP contribution in [0.15, 0.2) is 24.4 Å². The third-order valence-corrected chi connectivity index (χ3v) is 5.10. The molecule has 0 spiro atoms. The van der Waals surface area contributed by atoms with Crippen LogP contribution < -0.4 is 5.32 Å². The van der Waals surface area contributed by atoms with E-state index in [1.165, 1.54) is 5.82 Å². The number of rotatable bonds is 3. The van der Waals surface area contributed by atoms with Crippen molar-refractivity contribution in [3.63, 3.8) is 0 Å². The number of aromatic nitrogens is 4. The van der Waals surface area contributed by atoms with Crippen molar-refractivity contribution in [1.29, 1.82) is 0 Å². The van der Waals surface area contributed by atoms with E-state index in [4.69, 9.17) is 16.6 Å². The fourth-order valence-corrected chi connectivity index (χ4v) is 3.90. The molecule has 1 aliphatic rings. The first-order valence-corrected chi connectivity index (χ1v) is 8.79. The average molecular weight is 344 g/mol. The zero-order valence-electron chi connectivity index (χ0n) is 14.3. The lowest BCUT2D eigenvalue weighted by molar-refractivity contribution is 0.344. The number of halogens is 1. The van der Waals surface area contributed by atoms with Crippen LogP contribution in [0.1, 0.15) is 36.7 Å². The Labute approximate surface area is 146 Å². The van der Waals surface area contributed by atoms with E-state index in [1.54, 1.807) is 0 Å². The SMILES string of the molecule is Cc1cn2c(n1)CC[C@H](N[C@H](C)c1nc3cc(Cl)ccc3n1C)C2. The van der Waals surface area contributed by atoms with Crippen LogP contribution >= 0.6 is 11.6 Å². The van der Waals surface area contributed by atoms with E-state index in [2.05, 4.69) is 46.5 Å². The molecular weight excluding hydrogens is 322 g/mol. The first-order valence-electron chi connectivity index (χ1n) is 8.42. The summed E-state index contributed by atoms with van der Waals surface area (Å²) in [5, 5.41) is 4.46. The van der Waals surface area contributed by atoms with Gasteiger partial charge in [0.2, 0.25) is 0 Å². The zero-order chi connectivity index (χ0) is 16.8. The topological polar surface area (TPSA) is 47.7 Å². The largest absolute Gasteiger partial charge is 0.333 e. The molecule has 6 heteroatoms. The number of nitrogens with zero attached hydrogens (tertiary/aromatic N) is 4. The van der Waals surface area contributed by atoms with Crippen molar-refractivity contribution in [3.05, 3.63) is 46.8 Å². The third kappa shape index (κ3) is 2.72. The fourth-order valence-electron chi connectivity index (χ4n) is 3.73. The van der Waals surface area contributed by atoms with E-state index in [-0.39, 0.29) is 6.04 Å². The molecule has 0 aliphatic carbocycles. The molecule has 1 N–H and O–H groups in total. The van der Waals surface area contributed by atoms with E-state index in [1.807, 2.05) is 18.2 Å². The van der Waals surface area contributed by atoms with Gasteiger partial charge in [-0.15, -0.1) is 0 Å². The lowest BCUT2D eigenvalue weighted by Crippen LogP contribution is -2.39. The van der Waals surface area contributed by atoms with Crippen LogP contribution in [-0.2, 0) is 20.0 Å². The Bertz CT molecular complexity index is 894. The number of fused-ring (bicyclic) bond motifs is 2. The minimum atomic E-state index is 0.178. The Morgan fingerprint density at radius 3 is 3.00 bits per heavy atom. The number of aryl methyl sites for hydroxylation is 3. The summed E-state index contributed by atoms with van der Waals surface area (Å²) in [5.41, 5.74) is 3.16. The number of nitrogens with one attached hydrogen (secondary N) is 1. The molecule has 0 amide bonds. The van der Waals surface area contributed by atoms with Crippen LogP contribution in [0.3, 0.4) is 0 Å². The van der Waals surface area contributed by atoms with Crippen LogP contribution in [0.2, 0.25) is 5.02 Å². The number of hydrogen-bond acceptors (Lipinski definition) is 3. The van der Waals surface area contributed by atoms with E-state index in [9.17, 15) is 0 Å². The first kappa shape index (κ1) is 15.7. The molecule has 3 aromatic rings. The van der Waals surface area contributed by atoms with Crippen LogP contribution in [0.5, 0.6) is 0 Å². The highest BCUT2D eigenvalue weighted by Crippen LogP contribution is 2.24.